The normalized spacial score (nSPS) is 11.3. The first-order valence-corrected chi connectivity index (χ1v) is 4.74. The molecule has 0 aliphatic carbocycles. The summed E-state index contributed by atoms with van der Waals surface area (Å²) in [6.45, 7) is 0. The van der Waals surface area contributed by atoms with Crippen LogP contribution in [0, 0.1) is 40.7 Å². The Morgan fingerprint density at radius 1 is 0.444 bits per heavy atom. The molecule has 0 atom stereocenters. The molecule has 0 saturated heterocycles. The van der Waals surface area contributed by atoms with E-state index in [0.717, 1.165) is 0 Å². The van der Waals surface area contributed by atoms with Crippen LogP contribution in [-0.4, -0.2) is 0 Å². The van der Waals surface area contributed by atoms with Gasteiger partial charge in [-0.1, -0.05) is 0 Å². The molecule has 0 aliphatic rings. The second-order valence-corrected chi connectivity index (χ2v) is 3.74. The zero-order chi connectivity index (χ0) is 13.8. The van der Waals surface area contributed by atoms with Crippen molar-refractivity contribution in [1.82, 2.24) is 0 Å². The minimum Gasteiger partial charge on any atom is -0.205 e. The summed E-state index contributed by atoms with van der Waals surface area (Å²) >= 11 is 3.20. The van der Waals surface area contributed by atoms with E-state index in [9.17, 15) is 30.7 Å². The van der Waals surface area contributed by atoms with Crippen molar-refractivity contribution in [3.8, 4) is 0 Å². The monoisotopic (exact) mass is 286 g/mol. The fraction of sp³-hybridized carbons (Fsp3) is 0. The van der Waals surface area contributed by atoms with Crippen molar-refractivity contribution in [2.24, 2.45) is 0 Å². The molecule has 8 heteroatoms. The number of fused-ring (bicyclic) bond motifs is 1. The van der Waals surface area contributed by atoms with Gasteiger partial charge < -0.3 is 0 Å². The molecule has 0 saturated carbocycles. The standard InChI is InChI=1S/C10HF7S/c11-3-1-2(4(12)8(16)7(3)15)6(14)10(18)9(17)5(1)13/h18H. The highest BCUT2D eigenvalue weighted by Crippen LogP contribution is 2.35. The number of thiol groups is 1. The molecular weight excluding hydrogens is 285 g/mol. The maximum atomic E-state index is 13.4. The van der Waals surface area contributed by atoms with E-state index in [1.807, 2.05) is 0 Å². The van der Waals surface area contributed by atoms with Crippen LogP contribution < -0.4 is 0 Å². The van der Waals surface area contributed by atoms with Crippen LogP contribution in [0.15, 0.2) is 4.90 Å². The second kappa shape index (κ2) is 4.04. The summed E-state index contributed by atoms with van der Waals surface area (Å²) < 4.78 is 92.0. The lowest BCUT2D eigenvalue weighted by Crippen LogP contribution is -2.04. The minimum atomic E-state index is -2.36. The summed E-state index contributed by atoms with van der Waals surface area (Å²) in [6, 6.07) is 0. The van der Waals surface area contributed by atoms with Gasteiger partial charge >= 0.3 is 0 Å². The molecule has 0 heterocycles. The number of rotatable bonds is 0. The quantitative estimate of drug-likeness (QED) is 0.320. The maximum absolute atomic E-state index is 13.4. The highest BCUT2D eigenvalue weighted by atomic mass is 32.1. The van der Waals surface area contributed by atoms with Gasteiger partial charge in [-0.05, 0) is 0 Å². The van der Waals surface area contributed by atoms with Gasteiger partial charge in [-0.3, -0.25) is 0 Å². The molecule has 0 aliphatic heterocycles. The van der Waals surface area contributed by atoms with E-state index in [2.05, 4.69) is 12.6 Å². The van der Waals surface area contributed by atoms with Gasteiger partial charge in [0.1, 0.15) is 0 Å². The lowest BCUT2D eigenvalue weighted by Gasteiger charge is -2.09. The molecule has 0 radical (unpaired) electrons. The number of hydrogen-bond donors (Lipinski definition) is 1. The van der Waals surface area contributed by atoms with Crippen LogP contribution in [0.4, 0.5) is 30.7 Å². The van der Waals surface area contributed by atoms with Gasteiger partial charge in [0.15, 0.2) is 40.7 Å². The molecule has 0 spiro atoms. The Bertz CT molecular complexity index is 567. The topological polar surface area (TPSA) is 0 Å². The van der Waals surface area contributed by atoms with Gasteiger partial charge in [0.25, 0.3) is 0 Å². The van der Waals surface area contributed by atoms with Crippen molar-refractivity contribution in [3.05, 3.63) is 40.7 Å². The van der Waals surface area contributed by atoms with Gasteiger partial charge in [-0.2, -0.15) is 0 Å². The Kier molecular flexibility index (Phi) is 2.92. The molecular formula is C10HF7S. The van der Waals surface area contributed by atoms with Crippen molar-refractivity contribution in [2.75, 3.05) is 0 Å². The predicted molar refractivity (Wildman–Crippen MR) is 50.9 cm³/mol. The molecule has 18 heavy (non-hydrogen) atoms. The van der Waals surface area contributed by atoms with E-state index in [1.165, 1.54) is 0 Å². The van der Waals surface area contributed by atoms with Crippen molar-refractivity contribution in [2.45, 2.75) is 4.90 Å². The molecule has 2 aromatic carbocycles. The van der Waals surface area contributed by atoms with E-state index in [0.29, 0.717) is 0 Å². The van der Waals surface area contributed by atoms with E-state index in [1.54, 1.807) is 0 Å². The third-order valence-electron chi connectivity index (χ3n) is 2.31. The molecule has 0 N–H and O–H groups in total. The van der Waals surface area contributed by atoms with Gasteiger partial charge in [0.05, 0.1) is 15.7 Å². The Morgan fingerprint density at radius 2 is 0.778 bits per heavy atom. The molecule has 0 bridgehead atoms. The lowest BCUT2D eigenvalue weighted by atomic mass is 10.1. The fourth-order valence-corrected chi connectivity index (χ4v) is 1.68. The summed E-state index contributed by atoms with van der Waals surface area (Å²) in [5.74, 6) is -14.8. The maximum Gasteiger partial charge on any atom is 0.198 e. The highest BCUT2D eigenvalue weighted by Gasteiger charge is 2.29. The average molecular weight is 286 g/mol. The highest BCUT2D eigenvalue weighted by molar-refractivity contribution is 7.80. The first-order chi connectivity index (χ1) is 8.29. The molecule has 0 fully saturated rings. The Balaban J connectivity index is 3.22. The average Bonchev–Trinajstić information content (AvgIpc) is 2.35. The molecule has 0 nitrogen and oxygen atoms in total. The zero-order valence-electron chi connectivity index (χ0n) is 8.09. The van der Waals surface area contributed by atoms with Crippen molar-refractivity contribution in [1.29, 1.82) is 0 Å². The van der Waals surface area contributed by atoms with Gasteiger partial charge in [-0.25, -0.2) is 30.7 Å². The molecule has 0 unspecified atom stereocenters. The van der Waals surface area contributed by atoms with Crippen molar-refractivity contribution in [3.63, 3.8) is 0 Å². The lowest BCUT2D eigenvalue weighted by molar-refractivity contribution is 0.409. The first-order valence-electron chi connectivity index (χ1n) is 4.30. The van der Waals surface area contributed by atoms with E-state index >= 15 is 0 Å². The number of halogens is 7. The third kappa shape index (κ3) is 1.48. The summed E-state index contributed by atoms with van der Waals surface area (Å²) in [6.07, 6.45) is 0. The Hall–Kier alpha value is -1.44. The first kappa shape index (κ1) is 13.0. The van der Waals surface area contributed by atoms with Crippen LogP contribution in [0.25, 0.3) is 10.8 Å². The SMILES string of the molecule is Fc1c(F)c(F)c2c(F)c(S)c(F)c(F)c2c1F. The minimum absolute atomic E-state index is 1.26. The predicted octanol–water partition coefficient (Wildman–Crippen LogP) is 4.10. The third-order valence-corrected chi connectivity index (χ3v) is 2.71. The van der Waals surface area contributed by atoms with Crippen LogP contribution >= 0.6 is 12.6 Å². The van der Waals surface area contributed by atoms with Gasteiger partial charge in [0, 0.05) is 0 Å². The fourth-order valence-electron chi connectivity index (χ4n) is 1.47. The van der Waals surface area contributed by atoms with Gasteiger partial charge in [0.2, 0.25) is 0 Å². The van der Waals surface area contributed by atoms with E-state index in [4.69, 9.17) is 0 Å². The van der Waals surface area contributed by atoms with E-state index in [-0.39, 0.29) is 0 Å². The summed E-state index contributed by atoms with van der Waals surface area (Å²) in [7, 11) is 0. The summed E-state index contributed by atoms with van der Waals surface area (Å²) in [5, 5.41) is -3.17. The molecule has 2 aromatic rings. The number of benzene rings is 2. The molecule has 96 valence electrons. The Morgan fingerprint density at radius 3 is 1.22 bits per heavy atom. The van der Waals surface area contributed by atoms with Gasteiger partial charge in [-0.15, -0.1) is 12.6 Å². The van der Waals surface area contributed by atoms with Crippen LogP contribution in [0.1, 0.15) is 0 Å². The van der Waals surface area contributed by atoms with Crippen LogP contribution in [0.5, 0.6) is 0 Å². The molecule has 2 rings (SSSR count). The summed E-state index contributed by atoms with van der Waals surface area (Å²) in [4.78, 5) is -1.26. The molecule has 0 aromatic heterocycles. The van der Waals surface area contributed by atoms with E-state index < -0.39 is 56.4 Å². The zero-order valence-corrected chi connectivity index (χ0v) is 8.99. The van der Waals surface area contributed by atoms with Crippen molar-refractivity contribution >= 4 is 23.4 Å². The Labute approximate surface area is 100 Å². The van der Waals surface area contributed by atoms with Crippen LogP contribution in [0.2, 0.25) is 0 Å². The van der Waals surface area contributed by atoms with Crippen molar-refractivity contribution < 1.29 is 30.7 Å². The number of hydrogen-bond acceptors (Lipinski definition) is 1. The smallest absolute Gasteiger partial charge is 0.198 e. The summed E-state index contributed by atoms with van der Waals surface area (Å²) in [5.41, 5.74) is 0. The molecule has 0 amide bonds. The van der Waals surface area contributed by atoms with Crippen LogP contribution in [-0.2, 0) is 0 Å². The van der Waals surface area contributed by atoms with Crippen LogP contribution in [0.3, 0.4) is 0 Å². The second-order valence-electron chi connectivity index (χ2n) is 3.30. The largest absolute Gasteiger partial charge is 0.205 e.